The number of rotatable bonds is 4. The van der Waals surface area contributed by atoms with Crippen LogP contribution in [0.1, 0.15) is 21.7 Å². The van der Waals surface area contributed by atoms with Crippen LogP contribution in [0.15, 0.2) is 42.6 Å². The first kappa shape index (κ1) is 15.0. The normalized spacial score (nSPS) is 10.7. The van der Waals surface area contributed by atoms with Gasteiger partial charge in [0.2, 0.25) is 0 Å². The van der Waals surface area contributed by atoms with Crippen LogP contribution >= 0.6 is 0 Å². The first-order valence-electron chi connectivity index (χ1n) is 7.39. The minimum absolute atomic E-state index is 0.110. The summed E-state index contributed by atoms with van der Waals surface area (Å²) < 4.78 is 1.72. The standard InChI is InChI=1S/C17H19N5O/c1-12-4-6-13(7-5-12)15-10-16(19-18-15)17(23)21(2)11-14-8-9-22(3)20-14/h4-10H,11H2,1-3H3,(H,18,19). The average molecular weight is 309 g/mol. The SMILES string of the molecule is Cc1ccc(-c2cc(C(=O)N(C)Cc3ccn(C)n3)[nH]n2)cc1. The Morgan fingerprint density at radius 1 is 1.26 bits per heavy atom. The fourth-order valence-electron chi connectivity index (χ4n) is 2.37. The van der Waals surface area contributed by atoms with E-state index < -0.39 is 0 Å². The molecule has 23 heavy (non-hydrogen) atoms. The Hall–Kier alpha value is -2.89. The molecular weight excluding hydrogens is 290 g/mol. The molecule has 0 unspecified atom stereocenters. The molecular formula is C17H19N5O. The molecule has 0 fully saturated rings. The van der Waals surface area contributed by atoms with Gasteiger partial charge in [0.1, 0.15) is 5.69 Å². The zero-order valence-corrected chi connectivity index (χ0v) is 13.4. The maximum atomic E-state index is 12.5. The Morgan fingerprint density at radius 2 is 2.00 bits per heavy atom. The molecule has 3 rings (SSSR count). The van der Waals surface area contributed by atoms with Crippen LogP contribution in [0.25, 0.3) is 11.3 Å². The molecule has 6 nitrogen and oxygen atoms in total. The van der Waals surface area contributed by atoms with Crippen LogP contribution < -0.4 is 0 Å². The van der Waals surface area contributed by atoms with Crippen molar-refractivity contribution in [1.82, 2.24) is 24.9 Å². The van der Waals surface area contributed by atoms with Crippen molar-refractivity contribution in [2.45, 2.75) is 13.5 Å². The second-order valence-electron chi connectivity index (χ2n) is 5.67. The van der Waals surface area contributed by atoms with E-state index in [1.165, 1.54) is 5.56 Å². The number of amides is 1. The molecule has 1 N–H and O–H groups in total. The van der Waals surface area contributed by atoms with Crippen molar-refractivity contribution in [2.75, 3.05) is 7.05 Å². The third kappa shape index (κ3) is 3.31. The van der Waals surface area contributed by atoms with E-state index in [0.29, 0.717) is 12.2 Å². The quantitative estimate of drug-likeness (QED) is 0.804. The van der Waals surface area contributed by atoms with E-state index in [1.807, 2.05) is 50.5 Å². The van der Waals surface area contributed by atoms with E-state index >= 15 is 0 Å². The highest BCUT2D eigenvalue weighted by atomic mass is 16.2. The lowest BCUT2D eigenvalue weighted by Gasteiger charge is -2.14. The molecule has 3 aromatic rings. The van der Waals surface area contributed by atoms with Gasteiger partial charge >= 0.3 is 0 Å². The topological polar surface area (TPSA) is 66.8 Å². The Kier molecular flexibility index (Phi) is 3.97. The number of hydrogen-bond donors (Lipinski definition) is 1. The number of aromatic amines is 1. The molecule has 2 aromatic heterocycles. The summed E-state index contributed by atoms with van der Waals surface area (Å²) in [7, 11) is 3.61. The van der Waals surface area contributed by atoms with Gasteiger partial charge in [-0.25, -0.2) is 0 Å². The van der Waals surface area contributed by atoms with Gasteiger partial charge in [-0.15, -0.1) is 0 Å². The highest BCUT2D eigenvalue weighted by molar-refractivity contribution is 5.93. The molecule has 0 radical (unpaired) electrons. The number of hydrogen-bond acceptors (Lipinski definition) is 3. The van der Waals surface area contributed by atoms with Crippen molar-refractivity contribution in [1.29, 1.82) is 0 Å². The highest BCUT2D eigenvalue weighted by Gasteiger charge is 2.16. The number of nitrogens with zero attached hydrogens (tertiary/aromatic N) is 4. The number of carbonyl (C=O) groups excluding carboxylic acids is 1. The molecule has 0 aliphatic carbocycles. The summed E-state index contributed by atoms with van der Waals surface area (Å²) in [4.78, 5) is 14.1. The molecule has 0 aliphatic rings. The van der Waals surface area contributed by atoms with Crippen LogP contribution in [0, 0.1) is 6.92 Å². The number of aryl methyl sites for hydroxylation is 2. The van der Waals surface area contributed by atoms with Gasteiger partial charge in [-0.2, -0.15) is 10.2 Å². The van der Waals surface area contributed by atoms with Crippen LogP contribution in [0.4, 0.5) is 0 Å². The number of aromatic nitrogens is 4. The number of nitrogens with one attached hydrogen (secondary N) is 1. The van der Waals surface area contributed by atoms with Crippen molar-refractivity contribution in [3.05, 3.63) is 59.5 Å². The molecule has 0 bridgehead atoms. The number of benzene rings is 1. The molecule has 0 saturated carbocycles. The second kappa shape index (κ2) is 6.08. The van der Waals surface area contributed by atoms with E-state index in [0.717, 1.165) is 17.0 Å². The summed E-state index contributed by atoms with van der Waals surface area (Å²) in [5.74, 6) is -0.110. The van der Waals surface area contributed by atoms with Crippen LogP contribution in [0.2, 0.25) is 0 Å². The maximum Gasteiger partial charge on any atom is 0.271 e. The largest absolute Gasteiger partial charge is 0.334 e. The Balaban J connectivity index is 1.74. The third-order valence-corrected chi connectivity index (χ3v) is 3.67. The fraction of sp³-hybridized carbons (Fsp3) is 0.235. The number of H-pyrrole nitrogens is 1. The lowest BCUT2D eigenvalue weighted by atomic mass is 10.1. The van der Waals surface area contributed by atoms with Crippen molar-refractivity contribution < 1.29 is 4.79 Å². The summed E-state index contributed by atoms with van der Waals surface area (Å²) in [6.45, 7) is 2.49. The van der Waals surface area contributed by atoms with Crippen molar-refractivity contribution >= 4 is 5.91 Å². The van der Waals surface area contributed by atoms with Crippen LogP contribution in [0.5, 0.6) is 0 Å². The Morgan fingerprint density at radius 3 is 2.65 bits per heavy atom. The van der Waals surface area contributed by atoms with Crippen LogP contribution in [-0.4, -0.2) is 37.8 Å². The summed E-state index contributed by atoms with van der Waals surface area (Å²) in [5, 5.41) is 11.3. The van der Waals surface area contributed by atoms with Gasteiger partial charge in [0.15, 0.2) is 0 Å². The maximum absolute atomic E-state index is 12.5. The zero-order valence-electron chi connectivity index (χ0n) is 13.4. The van der Waals surface area contributed by atoms with Gasteiger partial charge in [-0.1, -0.05) is 29.8 Å². The van der Waals surface area contributed by atoms with E-state index in [1.54, 1.807) is 22.7 Å². The zero-order chi connectivity index (χ0) is 16.4. The second-order valence-corrected chi connectivity index (χ2v) is 5.67. The smallest absolute Gasteiger partial charge is 0.271 e. The predicted octanol–water partition coefficient (Wildman–Crippen LogP) is 2.39. The summed E-state index contributed by atoms with van der Waals surface area (Å²) >= 11 is 0. The van der Waals surface area contributed by atoms with Gasteiger partial charge in [-0.3, -0.25) is 14.6 Å². The molecule has 0 aliphatic heterocycles. The Labute approximate surface area is 134 Å². The fourth-order valence-corrected chi connectivity index (χ4v) is 2.37. The van der Waals surface area contributed by atoms with E-state index in [9.17, 15) is 4.79 Å². The van der Waals surface area contributed by atoms with Gasteiger partial charge < -0.3 is 4.90 Å². The Bertz CT molecular complexity index is 816. The van der Waals surface area contributed by atoms with Gasteiger partial charge in [-0.05, 0) is 19.1 Å². The molecule has 118 valence electrons. The van der Waals surface area contributed by atoms with Crippen LogP contribution in [0.3, 0.4) is 0 Å². The van der Waals surface area contributed by atoms with Crippen molar-refractivity contribution in [2.24, 2.45) is 7.05 Å². The van der Waals surface area contributed by atoms with Crippen LogP contribution in [-0.2, 0) is 13.6 Å². The minimum atomic E-state index is -0.110. The molecule has 2 heterocycles. The molecule has 1 aromatic carbocycles. The van der Waals surface area contributed by atoms with Crippen molar-refractivity contribution in [3.8, 4) is 11.3 Å². The number of carbonyl (C=O) groups is 1. The van der Waals surface area contributed by atoms with Gasteiger partial charge in [0.25, 0.3) is 5.91 Å². The third-order valence-electron chi connectivity index (χ3n) is 3.67. The predicted molar refractivity (Wildman–Crippen MR) is 87.8 cm³/mol. The summed E-state index contributed by atoms with van der Waals surface area (Å²) in [5.41, 5.74) is 4.26. The van der Waals surface area contributed by atoms with E-state index in [-0.39, 0.29) is 5.91 Å². The lowest BCUT2D eigenvalue weighted by molar-refractivity contribution is 0.0777. The molecule has 1 amide bonds. The van der Waals surface area contributed by atoms with E-state index in [4.69, 9.17) is 0 Å². The molecule has 0 atom stereocenters. The highest BCUT2D eigenvalue weighted by Crippen LogP contribution is 2.19. The molecule has 0 spiro atoms. The minimum Gasteiger partial charge on any atom is -0.334 e. The van der Waals surface area contributed by atoms with Crippen molar-refractivity contribution in [3.63, 3.8) is 0 Å². The molecule has 6 heteroatoms. The first-order chi connectivity index (χ1) is 11.0. The molecule has 0 saturated heterocycles. The lowest BCUT2D eigenvalue weighted by Crippen LogP contribution is -2.26. The van der Waals surface area contributed by atoms with Gasteiger partial charge in [0.05, 0.1) is 17.9 Å². The van der Waals surface area contributed by atoms with E-state index in [2.05, 4.69) is 15.3 Å². The summed E-state index contributed by atoms with van der Waals surface area (Å²) in [6.07, 6.45) is 1.86. The monoisotopic (exact) mass is 309 g/mol. The summed E-state index contributed by atoms with van der Waals surface area (Å²) in [6, 6.07) is 11.7. The van der Waals surface area contributed by atoms with Gasteiger partial charge in [0, 0.05) is 25.9 Å². The first-order valence-corrected chi connectivity index (χ1v) is 7.39. The average Bonchev–Trinajstić information content (AvgIpc) is 3.16.